The summed E-state index contributed by atoms with van der Waals surface area (Å²) < 4.78 is 3.10. The lowest BCUT2D eigenvalue weighted by atomic mass is 9.91. The third-order valence-corrected chi connectivity index (χ3v) is 7.59. The maximum atomic E-state index is 13.3. The lowest BCUT2D eigenvalue weighted by Gasteiger charge is -2.38. The van der Waals surface area contributed by atoms with Gasteiger partial charge in [-0.05, 0) is 54.5 Å². The highest BCUT2D eigenvalue weighted by molar-refractivity contribution is 5.81. The second-order valence-corrected chi connectivity index (χ2v) is 10.2. The summed E-state index contributed by atoms with van der Waals surface area (Å²) in [5, 5.41) is 16.0. The van der Waals surface area contributed by atoms with Gasteiger partial charge in [0, 0.05) is 25.6 Å². The van der Waals surface area contributed by atoms with Gasteiger partial charge >= 0.3 is 0 Å². The number of nitrogens with two attached hydrogens (primary N) is 1. The van der Waals surface area contributed by atoms with Gasteiger partial charge in [0.2, 0.25) is 5.91 Å². The SMILES string of the molecule is NCc1cc(-n2ncc3c(=O)n(CC4(O)CCN(C(=O)C5CC5)CC4)cnc32)ccc1-c1ccccc1. The number of benzene rings is 2. The van der Waals surface area contributed by atoms with Crippen molar-refractivity contribution in [1.29, 1.82) is 0 Å². The molecule has 190 valence electrons. The summed E-state index contributed by atoms with van der Waals surface area (Å²) >= 11 is 0. The smallest absolute Gasteiger partial charge is 0.264 e. The van der Waals surface area contributed by atoms with Crippen molar-refractivity contribution in [3.63, 3.8) is 0 Å². The second-order valence-electron chi connectivity index (χ2n) is 10.2. The minimum absolute atomic E-state index is 0.133. The molecule has 1 saturated heterocycles. The highest BCUT2D eigenvalue weighted by Gasteiger charge is 2.39. The Hall–Kier alpha value is -3.82. The summed E-state index contributed by atoms with van der Waals surface area (Å²) in [6.45, 7) is 1.52. The van der Waals surface area contributed by atoms with E-state index in [0.717, 1.165) is 35.2 Å². The maximum Gasteiger partial charge on any atom is 0.264 e. The number of carbonyl (C=O) groups is 1. The van der Waals surface area contributed by atoms with Gasteiger partial charge in [0.05, 0.1) is 24.0 Å². The molecular formula is C28H30N6O3. The van der Waals surface area contributed by atoms with Gasteiger partial charge in [0.25, 0.3) is 5.56 Å². The van der Waals surface area contributed by atoms with Crippen molar-refractivity contribution in [2.45, 2.75) is 44.4 Å². The number of amides is 1. The molecule has 9 nitrogen and oxygen atoms in total. The van der Waals surface area contributed by atoms with Crippen LogP contribution in [-0.4, -0.2) is 53.9 Å². The quantitative estimate of drug-likeness (QED) is 0.422. The summed E-state index contributed by atoms with van der Waals surface area (Å²) in [6, 6.07) is 16.0. The summed E-state index contributed by atoms with van der Waals surface area (Å²) in [5.41, 5.74) is 9.09. The Labute approximate surface area is 214 Å². The van der Waals surface area contributed by atoms with Crippen LogP contribution >= 0.6 is 0 Å². The number of nitrogens with zero attached hydrogens (tertiary/aromatic N) is 5. The molecule has 6 rings (SSSR count). The third kappa shape index (κ3) is 4.45. The average molecular weight is 499 g/mol. The lowest BCUT2D eigenvalue weighted by Crippen LogP contribution is -2.50. The fourth-order valence-electron chi connectivity index (χ4n) is 5.24. The molecule has 1 aliphatic carbocycles. The molecule has 2 fully saturated rings. The molecule has 2 aliphatic rings. The summed E-state index contributed by atoms with van der Waals surface area (Å²) in [6.07, 6.45) is 5.81. The van der Waals surface area contributed by atoms with Crippen LogP contribution in [0.25, 0.3) is 27.8 Å². The van der Waals surface area contributed by atoms with E-state index in [4.69, 9.17) is 5.73 Å². The van der Waals surface area contributed by atoms with Gasteiger partial charge in [-0.1, -0.05) is 36.4 Å². The van der Waals surface area contributed by atoms with E-state index < -0.39 is 5.60 Å². The number of aliphatic hydroxyl groups is 1. The van der Waals surface area contributed by atoms with Crippen molar-refractivity contribution in [3.8, 4) is 16.8 Å². The Bertz CT molecular complexity index is 1510. The number of likely N-dealkylation sites (tertiary alicyclic amines) is 1. The molecular weight excluding hydrogens is 468 g/mol. The zero-order chi connectivity index (χ0) is 25.6. The first-order chi connectivity index (χ1) is 18.0. The zero-order valence-electron chi connectivity index (χ0n) is 20.6. The Balaban J connectivity index is 1.25. The van der Waals surface area contributed by atoms with E-state index in [9.17, 15) is 14.7 Å². The fraction of sp³-hybridized carbons (Fsp3) is 0.357. The highest BCUT2D eigenvalue weighted by Crippen LogP contribution is 2.33. The summed E-state index contributed by atoms with van der Waals surface area (Å²) in [5.74, 6) is 0.372. The summed E-state index contributed by atoms with van der Waals surface area (Å²) in [4.78, 5) is 32.0. The standard InChI is InChI=1S/C28H30N6O3/c29-15-21-14-22(8-9-23(21)19-4-2-1-3-5-19)34-25-24(16-31-34)27(36)33(18-30-25)17-28(37)10-12-32(13-11-28)26(35)20-6-7-20/h1-5,8-9,14,16,18,20,37H,6-7,10-13,15,17,29H2. The van der Waals surface area contributed by atoms with Crippen molar-refractivity contribution in [1.82, 2.24) is 24.2 Å². The molecule has 37 heavy (non-hydrogen) atoms. The first-order valence-electron chi connectivity index (χ1n) is 12.8. The van der Waals surface area contributed by atoms with Crippen LogP contribution in [-0.2, 0) is 17.9 Å². The molecule has 2 aromatic carbocycles. The molecule has 0 radical (unpaired) electrons. The van der Waals surface area contributed by atoms with E-state index in [-0.39, 0.29) is 23.9 Å². The van der Waals surface area contributed by atoms with Gasteiger partial charge in [-0.25, -0.2) is 9.67 Å². The molecule has 1 saturated carbocycles. The van der Waals surface area contributed by atoms with Gasteiger partial charge < -0.3 is 15.7 Å². The third-order valence-electron chi connectivity index (χ3n) is 7.59. The topological polar surface area (TPSA) is 119 Å². The first kappa shape index (κ1) is 23.6. The first-order valence-corrected chi connectivity index (χ1v) is 12.8. The molecule has 2 aromatic heterocycles. The largest absolute Gasteiger partial charge is 0.388 e. The average Bonchev–Trinajstić information content (AvgIpc) is 3.69. The second kappa shape index (κ2) is 9.24. The molecule has 0 atom stereocenters. The van der Waals surface area contributed by atoms with Crippen LogP contribution in [0.2, 0.25) is 0 Å². The van der Waals surface area contributed by atoms with Crippen LogP contribution in [0.4, 0.5) is 0 Å². The van der Waals surface area contributed by atoms with Gasteiger partial charge in [-0.2, -0.15) is 5.10 Å². The van der Waals surface area contributed by atoms with E-state index in [1.807, 2.05) is 53.4 Å². The van der Waals surface area contributed by atoms with E-state index in [0.29, 0.717) is 43.5 Å². The van der Waals surface area contributed by atoms with Crippen LogP contribution in [0.1, 0.15) is 31.2 Å². The molecule has 9 heteroatoms. The fourth-order valence-corrected chi connectivity index (χ4v) is 5.24. The highest BCUT2D eigenvalue weighted by atomic mass is 16.3. The van der Waals surface area contributed by atoms with Crippen molar-refractivity contribution >= 4 is 16.9 Å². The maximum absolute atomic E-state index is 13.3. The minimum atomic E-state index is -1.06. The summed E-state index contributed by atoms with van der Waals surface area (Å²) in [7, 11) is 0. The zero-order valence-corrected chi connectivity index (χ0v) is 20.6. The Morgan fingerprint density at radius 3 is 2.57 bits per heavy atom. The molecule has 0 bridgehead atoms. The van der Waals surface area contributed by atoms with Crippen molar-refractivity contribution in [2.24, 2.45) is 11.7 Å². The minimum Gasteiger partial charge on any atom is -0.388 e. The van der Waals surface area contributed by atoms with Gasteiger partial charge in [0.1, 0.15) is 11.7 Å². The van der Waals surface area contributed by atoms with Crippen LogP contribution in [0.3, 0.4) is 0 Å². The van der Waals surface area contributed by atoms with E-state index in [1.54, 1.807) is 4.68 Å². The number of aromatic nitrogens is 4. The number of hydrogen-bond donors (Lipinski definition) is 2. The van der Waals surface area contributed by atoms with Crippen LogP contribution < -0.4 is 11.3 Å². The lowest BCUT2D eigenvalue weighted by molar-refractivity contribution is -0.137. The predicted octanol–water partition coefficient (Wildman–Crippen LogP) is 2.47. The Morgan fingerprint density at radius 2 is 1.86 bits per heavy atom. The normalized spacial score (nSPS) is 17.3. The molecule has 4 aromatic rings. The van der Waals surface area contributed by atoms with E-state index in [2.05, 4.69) is 10.1 Å². The number of hydrogen-bond acceptors (Lipinski definition) is 6. The molecule has 1 aliphatic heterocycles. The number of piperidine rings is 1. The van der Waals surface area contributed by atoms with E-state index >= 15 is 0 Å². The number of rotatable bonds is 6. The number of fused-ring (bicyclic) bond motifs is 1. The van der Waals surface area contributed by atoms with Gasteiger partial charge in [-0.3, -0.25) is 14.2 Å². The number of carbonyl (C=O) groups excluding carboxylic acids is 1. The monoisotopic (exact) mass is 498 g/mol. The molecule has 0 spiro atoms. The van der Waals surface area contributed by atoms with Crippen molar-refractivity contribution < 1.29 is 9.90 Å². The van der Waals surface area contributed by atoms with Gasteiger partial charge in [-0.15, -0.1) is 0 Å². The van der Waals surface area contributed by atoms with E-state index in [1.165, 1.54) is 17.1 Å². The molecule has 0 unspecified atom stereocenters. The molecule has 1 amide bonds. The van der Waals surface area contributed by atoms with Crippen molar-refractivity contribution in [3.05, 3.63) is 77.0 Å². The predicted molar refractivity (Wildman–Crippen MR) is 140 cm³/mol. The van der Waals surface area contributed by atoms with Crippen LogP contribution in [0.5, 0.6) is 0 Å². The Morgan fingerprint density at radius 1 is 1.11 bits per heavy atom. The van der Waals surface area contributed by atoms with Crippen LogP contribution in [0, 0.1) is 5.92 Å². The molecule has 3 N–H and O–H groups in total. The Kier molecular flexibility index (Phi) is 5.89. The van der Waals surface area contributed by atoms with Crippen LogP contribution in [0.15, 0.2) is 65.8 Å². The van der Waals surface area contributed by atoms with Crippen molar-refractivity contribution in [2.75, 3.05) is 13.1 Å². The molecule has 3 heterocycles. The van der Waals surface area contributed by atoms with Gasteiger partial charge in [0.15, 0.2) is 5.65 Å².